The van der Waals surface area contributed by atoms with Gasteiger partial charge in [0.15, 0.2) is 0 Å². The number of rotatable bonds is 3. The summed E-state index contributed by atoms with van der Waals surface area (Å²) in [6.07, 6.45) is 2.65. The molecule has 2 heterocycles. The first-order valence-electron chi connectivity index (χ1n) is 11.0. The first-order valence-corrected chi connectivity index (χ1v) is 11.0. The molecule has 0 spiro atoms. The van der Waals surface area contributed by atoms with Gasteiger partial charge in [-0.1, -0.05) is 37.3 Å². The molecule has 3 N–H and O–H groups in total. The molecule has 164 valence electrons. The molecule has 32 heavy (non-hydrogen) atoms. The molecule has 0 saturated heterocycles. The van der Waals surface area contributed by atoms with Gasteiger partial charge in [0.1, 0.15) is 30.3 Å². The van der Waals surface area contributed by atoms with E-state index in [1.54, 1.807) is 18.5 Å². The number of hydrogen-bond donors (Lipinski definition) is 3. The molecule has 7 heteroatoms. The molecule has 2 aliphatic carbocycles. The van der Waals surface area contributed by atoms with Crippen molar-refractivity contribution in [1.29, 1.82) is 0 Å². The fourth-order valence-corrected chi connectivity index (χ4v) is 5.91. The van der Waals surface area contributed by atoms with Crippen LogP contribution in [-0.4, -0.2) is 51.2 Å². The van der Waals surface area contributed by atoms with Crippen LogP contribution in [0.2, 0.25) is 0 Å². The third kappa shape index (κ3) is 2.71. The van der Waals surface area contributed by atoms with Crippen LogP contribution < -0.4 is 5.32 Å². The van der Waals surface area contributed by atoms with Crippen molar-refractivity contribution in [2.75, 3.05) is 5.32 Å². The molecule has 2 fully saturated rings. The largest absolute Gasteiger partial charge is 0.390 e. The first-order chi connectivity index (χ1) is 15.5. The van der Waals surface area contributed by atoms with Crippen molar-refractivity contribution in [3.05, 3.63) is 72.2 Å². The van der Waals surface area contributed by atoms with Gasteiger partial charge in [-0.25, -0.2) is 14.4 Å². The second kappa shape index (κ2) is 6.98. The Morgan fingerprint density at radius 2 is 1.84 bits per heavy atom. The van der Waals surface area contributed by atoms with Gasteiger partial charge in [-0.05, 0) is 53.7 Å². The van der Waals surface area contributed by atoms with Gasteiger partial charge < -0.3 is 20.4 Å². The molecule has 2 aromatic carbocycles. The van der Waals surface area contributed by atoms with Crippen molar-refractivity contribution in [3.8, 4) is 0 Å². The summed E-state index contributed by atoms with van der Waals surface area (Å²) in [7, 11) is 0. The lowest BCUT2D eigenvalue weighted by molar-refractivity contribution is -0.0324. The zero-order valence-electron chi connectivity index (χ0n) is 17.6. The molecule has 2 aliphatic heterocycles. The van der Waals surface area contributed by atoms with E-state index in [1.165, 1.54) is 12.1 Å². The number of anilines is 1. The Balaban J connectivity index is 1.40. The number of benzene rings is 2. The van der Waals surface area contributed by atoms with Gasteiger partial charge in [-0.3, -0.25) is 0 Å². The number of nitrogens with one attached hydrogen (secondary N) is 1. The summed E-state index contributed by atoms with van der Waals surface area (Å²) in [5.41, 5.74) is 2.36. The Morgan fingerprint density at radius 1 is 1.09 bits per heavy atom. The summed E-state index contributed by atoms with van der Waals surface area (Å²) in [6.45, 7) is 2.01. The third-order valence-corrected chi connectivity index (χ3v) is 7.65. The normalized spacial score (nSPS) is 36.9. The average Bonchev–Trinajstić information content (AvgIpc) is 3.39. The van der Waals surface area contributed by atoms with E-state index in [1.807, 2.05) is 25.1 Å². The minimum atomic E-state index is -0.822. The summed E-state index contributed by atoms with van der Waals surface area (Å²) in [5, 5.41) is 24.9. The first kappa shape index (κ1) is 19.6. The summed E-state index contributed by atoms with van der Waals surface area (Å²) < 4.78 is 13.4. The lowest BCUT2D eigenvalue weighted by Gasteiger charge is -2.37. The van der Waals surface area contributed by atoms with Crippen molar-refractivity contribution < 1.29 is 14.6 Å². The van der Waals surface area contributed by atoms with Crippen molar-refractivity contribution in [1.82, 2.24) is 4.90 Å². The number of nitrogens with zero attached hydrogens (tertiary/aromatic N) is 3. The molecule has 0 radical (unpaired) electrons. The maximum atomic E-state index is 13.4. The van der Waals surface area contributed by atoms with Gasteiger partial charge in [0, 0.05) is 11.9 Å². The Labute approximate surface area is 185 Å². The zero-order chi connectivity index (χ0) is 22.0. The van der Waals surface area contributed by atoms with Crippen LogP contribution >= 0.6 is 0 Å². The fraction of sp³-hybridized carbons (Fsp3) is 0.360. The summed E-state index contributed by atoms with van der Waals surface area (Å²) in [5.74, 6) is 0.518. The minimum Gasteiger partial charge on any atom is -0.390 e. The van der Waals surface area contributed by atoms with Crippen LogP contribution in [0.3, 0.4) is 0 Å². The van der Waals surface area contributed by atoms with E-state index in [0.717, 1.165) is 29.1 Å². The van der Waals surface area contributed by atoms with Crippen LogP contribution in [0.25, 0.3) is 5.57 Å². The van der Waals surface area contributed by atoms with Gasteiger partial charge in [0.25, 0.3) is 0 Å². The highest BCUT2D eigenvalue weighted by molar-refractivity contribution is 6.09. The monoisotopic (exact) mass is 432 g/mol. The van der Waals surface area contributed by atoms with Gasteiger partial charge in [0.2, 0.25) is 0 Å². The van der Waals surface area contributed by atoms with E-state index in [2.05, 4.69) is 33.5 Å². The van der Waals surface area contributed by atoms with Gasteiger partial charge in [0.05, 0.1) is 17.6 Å². The number of hydrogen-bond acceptors (Lipinski definition) is 6. The van der Waals surface area contributed by atoms with Crippen molar-refractivity contribution in [2.24, 2.45) is 27.7 Å². The number of aliphatic hydroxyl groups is 2. The number of fused-ring (bicyclic) bond motifs is 2. The molecular weight excluding hydrogens is 407 g/mol. The highest BCUT2D eigenvalue weighted by Crippen LogP contribution is 2.64. The summed E-state index contributed by atoms with van der Waals surface area (Å²) in [4.78, 5) is 11.4. The van der Waals surface area contributed by atoms with E-state index < -0.39 is 17.7 Å². The molecular formula is C25H25FN4O2. The lowest BCUT2D eigenvalue weighted by Crippen LogP contribution is -2.51. The zero-order valence-corrected chi connectivity index (χ0v) is 17.6. The second-order valence-electron chi connectivity index (χ2n) is 9.26. The predicted molar refractivity (Wildman–Crippen MR) is 122 cm³/mol. The molecule has 0 bridgehead atoms. The van der Waals surface area contributed by atoms with E-state index in [0.29, 0.717) is 0 Å². The summed E-state index contributed by atoms with van der Waals surface area (Å²) >= 11 is 0. The molecule has 4 aliphatic rings. The van der Waals surface area contributed by atoms with Gasteiger partial charge in [-0.2, -0.15) is 0 Å². The van der Waals surface area contributed by atoms with Gasteiger partial charge >= 0.3 is 0 Å². The standard InChI is InChI=1S/C25H25FN4O2/c1-14-19-11-25(19,22(32)21(14)31)30-12-18(15-5-3-2-4-6-15)20-23(27-13-28-24(20)30)29-17-9-7-16(26)8-10-17/h2-10,12-14,19-22,24,31-32H,11H2,1H3,(H,27,28,29)/t14-,19-,20?,21-,22?,24?,25+/m0/s1. The SMILES string of the molecule is C[C@@H]1[C@H](O)C(O)[C@@]2(N3C=C(c4ccccc4)C4C(Nc5ccc(F)cc5)=NC=NC43)C[C@@H]12. The van der Waals surface area contributed by atoms with Crippen molar-refractivity contribution >= 4 is 23.4 Å². The molecule has 6 nitrogen and oxygen atoms in total. The van der Waals surface area contributed by atoms with Crippen LogP contribution in [-0.2, 0) is 0 Å². The lowest BCUT2D eigenvalue weighted by atomic mass is 9.91. The molecule has 3 unspecified atom stereocenters. The van der Waals surface area contributed by atoms with Crippen molar-refractivity contribution in [3.63, 3.8) is 0 Å². The maximum Gasteiger partial charge on any atom is 0.137 e. The predicted octanol–water partition coefficient (Wildman–Crippen LogP) is 3.11. The van der Waals surface area contributed by atoms with E-state index in [9.17, 15) is 14.6 Å². The molecule has 7 atom stereocenters. The third-order valence-electron chi connectivity index (χ3n) is 7.65. The Kier molecular flexibility index (Phi) is 4.29. The van der Waals surface area contributed by atoms with Crippen LogP contribution in [0.1, 0.15) is 18.9 Å². The summed E-state index contributed by atoms with van der Waals surface area (Å²) in [6, 6.07) is 16.3. The van der Waals surface area contributed by atoms with E-state index in [4.69, 9.17) is 4.99 Å². The molecule has 2 saturated carbocycles. The molecule has 0 amide bonds. The molecule has 0 aromatic heterocycles. The Morgan fingerprint density at radius 3 is 2.53 bits per heavy atom. The number of aliphatic imine (C=N–C) groups is 2. The second-order valence-corrected chi connectivity index (χ2v) is 9.26. The average molecular weight is 432 g/mol. The fourth-order valence-electron chi connectivity index (χ4n) is 5.91. The highest BCUT2D eigenvalue weighted by Gasteiger charge is 2.74. The van der Waals surface area contributed by atoms with E-state index in [-0.39, 0.29) is 29.7 Å². The highest BCUT2D eigenvalue weighted by atomic mass is 19.1. The smallest absolute Gasteiger partial charge is 0.137 e. The van der Waals surface area contributed by atoms with Crippen LogP contribution in [0, 0.1) is 23.6 Å². The Hall–Kier alpha value is -3.03. The van der Waals surface area contributed by atoms with Crippen LogP contribution in [0.15, 0.2) is 70.8 Å². The molecule has 6 rings (SSSR count). The minimum absolute atomic E-state index is 0.0377. The van der Waals surface area contributed by atoms with Crippen LogP contribution in [0.5, 0.6) is 0 Å². The number of halogens is 1. The number of amidine groups is 1. The topological polar surface area (TPSA) is 80.5 Å². The quantitative estimate of drug-likeness (QED) is 0.696. The molecule has 2 aromatic rings. The maximum absolute atomic E-state index is 13.4. The van der Waals surface area contributed by atoms with Crippen LogP contribution in [0.4, 0.5) is 10.1 Å². The Bertz CT molecular complexity index is 1130. The van der Waals surface area contributed by atoms with Crippen molar-refractivity contribution in [2.45, 2.75) is 37.3 Å². The number of aliphatic hydroxyl groups excluding tert-OH is 2. The van der Waals surface area contributed by atoms with Gasteiger partial charge in [-0.15, -0.1) is 0 Å². The van der Waals surface area contributed by atoms with E-state index >= 15 is 0 Å².